The maximum atomic E-state index is 5.35. The van der Waals surface area contributed by atoms with Gasteiger partial charge in [0, 0.05) is 39.4 Å². The minimum Gasteiger partial charge on any atom is -0.385 e. The molecule has 2 aliphatic rings. The Kier molecular flexibility index (Phi) is 9.04. The molecule has 25 heavy (non-hydrogen) atoms. The molecule has 2 N–H and O–H groups in total. The number of nitrogens with one attached hydrogen (secondary N) is 2. The smallest absolute Gasteiger partial charge is 0.191 e. The molecule has 5 heteroatoms. The largest absolute Gasteiger partial charge is 0.385 e. The van der Waals surface area contributed by atoms with Crippen LogP contribution in [-0.2, 0) is 4.74 Å². The fourth-order valence-corrected chi connectivity index (χ4v) is 4.37. The zero-order valence-corrected chi connectivity index (χ0v) is 16.8. The van der Waals surface area contributed by atoms with Crippen molar-refractivity contribution in [2.24, 2.45) is 10.4 Å². The van der Waals surface area contributed by atoms with E-state index in [1.165, 1.54) is 58.0 Å². The normalized spacial score (nSPS) is 22.3. The highest BCUT2D eigenvalue weighted by atomic mass is 16.5. The quantitative estimate of drug-likeness (QED) is 0.469. The summed E-state index contributed by atoms with van der Waals surface area (Å²) in [5, 5.41) is 7.05. The van der Waals surface area contributed by atoms with Crippen LogP contribution >= 0.6 is 0 Å². The molecule has 2 rings (SSSR count). The lowest BCUT2D eigenvalue weighted by Crippen LogP contribution is -2.46. The summed E-state index contributed by atoms with van der Waals surface area (Å²) in [6.07, 6.45) is 10.3. The molecule has 0 radical (unpaired) electrons. The van der Waals surface area contributed by atoms with Gasteiger partial charge in [-0.3, -0.25) is 9.89 Å². The third-order valence-corrected chi connectivity index (χ3v) is 6.05. The molecule has 1 heterocycles. The minimum absolute atomic E-state index is 0.359. The zero-order chi connectivity index (χ0) is 18.0. The van der Waals surface area contributed by atoms with Crippen molar-refractivity contribution in [1.29, 1.82) is 0 Å². The second-order valence-electron chi connectivity index (χ2n) is 7.83. The van der Waals surface area contributed by atoms with Gasteiger partial charge in [-0.15, -0.1) is 0 Å². The molecule has 1 aliphatic carbocycles. The number of hydrogen-bond acceptors (Lipinski definition) is 3. The Bertz CT molecular complexity index is 387. The summed E-state index contributed by atoms with van der Waals surface area (Å²) in [6, 6.07) is 0.625. The molecule has 1 unspecified atom stereocenters. The number of hydrogen-bond donors (Lipinski definition) is 2. The third kappa shape index (κ3) is 6.45. The van der Waals surface area contributed by atoms with Gasteiger partial charge in [0.05, 0.1) is 0 Å². The Hall–Kier alpha value is -0.810. The van der Waals surface area contributed by atoms with Crippen LogP contribution in [0.1, 0.15) is 65.2 Å². The first kappa shape index (κ1) is 20.5. The van der Waals surface area contributed by atoms with E-state index >= 15 is 0 Å². The van der Waals surface area contributed by atoms with E-state index in [2.05, 4.69) is 29.4 Å². The maximum Gasteiger partial charge on any atom is 0.191 e. The first-order valence-electron chi connectivity index (χ1n) is 10.5. The number of guanidine groups is 1. The number of ether oxygens (including phenoxy) is 1. The second kappa shape index (κ2) is 11.0. The first-order valence-corrected chi connectivity index (χ1v) is 10.5. The molecular weight excluding hydrogens is 312 g/mol. The summed E-state index contributed by atoms with van der Waals surface area (Å²) in [4.78, 5) is 7.61. The summed E-state index contributed by atoms with van der Waals surface area (Å²) in [6.45, 7) is 10.6. The van der Waals surface area contributed by atoms with Gasteiger partial charge >= 0.3 is 0 Å². The molecule has 146 valence electrons. The topological polar surface area (TPSA) is 48.9 Å². The van der Waals surface area contributed by atoms with Gasteiger partial charge in [-0.2, -0.15) is 0 Å². The number of methoxy groups -OCH3 is 1. The standard InChI is InChI=1S/C20H40N4O/c1-4-18(24-13-8-9-14-24)16-22-19(21-5-2)23-17-20(12-15-25-3)10-6-7-11-20/h18H,4-17H2,1-3H3,(H2,21,22,23). The van der Waals surface area contributed by atoms with Crippen molar-refractivity contribution >= 4 is 5.96 Å². The van der Waals surface area contributed by atoms with Gasteiger partial charge in [-0.1, -0.05) is 19.8 Å². The Morgan fingerprint density at radius 1 is 1.12 bits per heavy atom. The van der Waals surface area contributed by atoms with E-state index in [1.54, 1.807) is 7.11 Å². The van der Waals surface area contributed by atoms with E-state index in [0.29, 0.717) is 11.5 Å². The van der Waals surface area contributed by atoms with E-state index < -0.39 is 0 Å². The Labute approximate surface area is 155 Å². The van der Waals surface area contributed by atoms with E-state index in [4.69, 9.17) is 9.73 Å². The average Bonchev–Trinajstić information content (AvgIpc) is 3.31. The molecule has 5 nitrogen and oxygen atoms in total. The monoisotopic (exact) mass is 352 g/mol. The molecule has 0 bridgehead atoms. The highest BCUT2D eigenvalue weighted by molar-refractivity contribution is 5.79. The summed E-state index contributed by atoms with van der Waals surface area (Å²) in [7, 11) is 1.81. The zero-order valence-electron chi connectivity index (χ0n) is 16.8. The van der Waals surface area contributed by atoms with Crippen LogP contribution in [0.3, 0.4) is 0 Å². The van der Waals surface area contributed by atoms with E-state index in [1.807, 2.05) is 0 Å². The number of rotatable bonds is 10. The lowest BCUT2D eigenvalue weighted by atomic mass is 9.83. The number of likely N-dealkylation sites (tertiary alicyclic amines) is 1. The van der Waals surface area contributed by atoms with Crippen LogP contribution in [0.15, 0.2) is 4.99 Å². The van der Waals surface area contributed by atoms with Crippen molar-refractivity contribution in [3.8, 4) is 0 Å². The molecule has 2 fully saturated rings. The predicted octanol–water partition coefficient (Wildman–Crippen LogP) is 3.01. The lowest BCUT2D eigenvalue weighted by molar-refractivity contribution is 0.141. The minimum atomic E-state index is 0.359. The maximum absolute atomic E-state index is 5.35. The summed E-state index contributed by atoms with van der Waals surface area (Å²) in [5.74, 6) is 0.990. The number of nitrogens with zero attached hydrogens (tertiary/aromatic N) is 2. The van der Waals surface area contributed by atoms with E-state index in [0.717, 1.165) is 38.6 Å². The Morgan fingerprint density at radius 3 is 2.44 bits per heavy atom. The fourth-order valence-electron chi connectivity index (χ4n) is 4.37. The third-order valence-electron chi connectivity index (χ3n) is 6.05. The van der Waals surface area contributed by atoms with Crippen LogP contribution in [-0.4, -0.2) is 63.3 Å². The van der Waals surface area contributed by atoms with Crippen molar-refractivity contribution in [3.05, 3.63) is 0 Å². The van der Waals surface area contributed by atoms with Gasteiger partial charge in [0.25, 0.3) is 0 Å². The molecule has 1 aliphatic heterocycles. The molecule has 0 amide bonds. The molecule has 0 aromatic rings. The van der Waals surface area contributed by atoms with Crippen molar-refractivity contribution in [2.45, 2.75) is 71.3 Å². The predicted molar refractivity (Wildman–Crippen MR) is 106 cm³/mol. The number of aliphatic imine (C=N–C) groups is 1. The fraction of sp³-hybridized carbons (Fsp3) is 0.950. The van der Waals surface area contributed by atoms with E-state index in [-0.39, 0.29) is 0 Å². The first-order chi connectivity index (χ1) is 12.2. The molecule has 0 aromatic heterocycles. The SMILES string of the molecule is CCNC(=NCC1(CCOC)CCCC1)NCC(CC)N1CCCC1. The molecule has 0 aromatic carbocycles. The van der Waals surface area contributed by atoms with Gasteiger partial charge in [-0.25, -0.2) is 0 Å². The van der Waals surface area contributed by atoms with Crippen LogP contribution in [0, 0.1) is 5.41 Å². The second-order valence-corrected chi connectivity index (χ2v) is 7.83. The van der Waals surface area contributed by atoms with E-state index in [9.17, 15) is 0 Å². The van der Waals surface area contributed by atoms with Gasteiger partial charge in [0.1, 0.15) is 0 Å². The molecule has 0 spiro atoms. The van der Waals surface area contributed by atoms with Crippen molar-refractivity contribution in [1.82, 2.24) is 15.5 Å². The van der Waals surface area contributed by atoms with Crippen LogP contribution in [0.5, 0.6) is 0 Å². The summed E-state index contributed by atoms with van der Waals surface area (Å²) in [5.41, 5.74) is 0.359. The van der Waals surface area contributed by atoms with Gasteiger partial charge in [0.15, 0.2) is 5.96 Å². The van der Waals surface area contributed by atoms with Crippen LogP contribution in [0.2, 0.25) is 0 Å². The Morgan fingerprint density at radius 2 is 1.84 bits per heavy atom. The van der Waals surface area contributed by atoms with Gasteiger partial charge in [0.2, 0.25) is 0 Å². The Balaban J connectivity index is 1.89. The van der Waals surface area contributed by atoms with Crippen LogP contribution in [0.4, 0.5) is 0 Å². The highest BCUT2D eigenvalue weighted by Gasteiger charge is 2.33. The van der Waals surface area contributed by atoms with Crippen molar-refractivity contribution < 1.29 is 4.74 Å². The summed E-state index contributed by atoms with van der Waals surface area (Å²) >= 11 is 0. The van der Waals surface area contributed by atoms with Gasteiger partial charge < -0.3 is 15.4 Å². The van der Waals surface area contributed by atoms with Crippen LogP contribution < -0.4 is 10.6 Å². The lowest BCUT2D eigenvalue weighted by Gasteiger charge is -2.29. The molecule has 1 saturated carbocycles. The average molecular weight is 353 g/mol. The summed E-state index contributed by atoms with van der Waals surface area (Å²) < 4.78 is 5.35. The molecular formula is C20H40N4O. The van der Waals surface area contributed by atoms with Crippen molar-refractivity contribution in [3.63, 3.8) is 0 Å². The molecule has 1 saturated heterocycles. The molecule has 1 atom stereocenters. The van der Waals surface area contributed by atoms with Crippen LogP contribution in [0.25, 0.3) is 0 Å². The van der Waals surface area contributed by atoms with Crippen molar-refractivity contribution in [2.75, 3.05) is 46.4 Å². The van der Waals surface area contributed by atoms with Gasteiger partial charge in [-0.05, 0) is 64.0 Å². The highest BCUT2D eigenvalue weighted by Crippen LogP contribution is 2.41.